The van der Waals surface area contributed by atoms with Crippen LogP contribution in [0.25, 0.3) is 0 Å². The fourth-order valence-corrected chi connectivity index (χ4v) is 2.05. The van der Waals surface area contributed by atoms with Gasteiger partial charge < -0.3 is 24.0 Å². The van der Waals surface area contributed by atoms with Crippen LogP contribution in [-0.4, -0.2) is 65.3 Å². The highest BCUT2D eigenvalue weighted by molar-refractivity contribution is 5.79. The van der Waals surface area contributed by atoms with Crippen molar-refractivity contribution in [2.75, 3.05) is 49.5 Å². The molecule has 0 aromatic heterocycles. The van der Waals surface area contributed by atoms with Crippen molar-refractivity contribution in [2.24, 2.45) is 4.99 Å². The van der Waals surface area contributed by atoms with Gasteiger partial charge in [0, 0.05) is 39.8 Å². The molecule has 0 saturated heterocycles. The first-order chi connectivity index (χ1) is 9.94. The molecule has 6 heteroatoms. The van der Waals surface area contributed by atoms with E-state index in [4.69, 9.17) is 14.2 Å². The van der Waals surface area contributed by atoms with Gasteiger partial charge in [0.1, 0.15) is 5.75 Å². The van der Waals surface area contributed by atoms with E-state index < -0.39 is 0 Å². The van der Waals surface area contributed by atoms with Crippen molar-refractivity contribution in [2.45, 2.75) is 6.54 Å². The molecule has 0 spiro atoms. The van der Waals surface area contributed by atoms with E-state index in [1.807, 2.05) is 50.1 Å². The molecule has 0 N–H and O–H groups in total. The summed E-state index contributed by atoms with van der Waals surface area (Å²) in [5.41, 5.74) is 0.941. The summed E-state index contributed by atoms with van der Waals surface area (Å²) in [6, 6.07) is 3.71. The number of hydrogen-bond donors (Lipinski definition) is 0. The van der Waals surface area contributed by atoms with Gasteiger partial charge in [-0.1, -0.05) is 0 Å². The highest BCUT2D eigenvalue weighted by atomic mass is 16.5. The molecule has 1 aromatic carbocycles. The SMILES string of the molecule is COc1cc(OC)c(OC)cc1CN=C(N(C)C)N(C)C. The molecule has 0 atom stereocenters. The summed E-state index contributed by atoms with van der Waals surface area (Å²) in [6.45, 7) is 0.495. The van der Waals surface area contributed by atoms with E-state index in [1.54, 1.807) is 21.3 Å². The Morgan fingerprint density at radius 3 is 1.76 bits per heavy atom. The van der Waals surface area contributed by atoms with Gasteiger partial charge in [-0.25, -0.2) is 4.99 Å². The van der Waals surface area contributed by atoms with E-state index in [1.165, 1.54) is 0 Å². The van der Waals surface area contributed by atoms with Crippen molar-refractivity contribution in [1.82, 2.24) is 9.80 Å². The van der Waals surface area contributed by atoms with E-state index in [0.29, 0.717) is 18.0 Å². The number of methoxy groups -OCH3 is 3. The Morgan fingerprint density at radius 1 is 0.857 bits per heavy atom. The first-order valence-electron chi connectivity index (χ1n) is 6.62. The van der Waals surface area contributed by atoms with E-state index in [2.05, 4.69) is 4.99 Å². The molecule has 21 heavy (non-hydrogen) atoms. The Balaban J connectivity index is 3.15. The van der Waals surface area contributed by atoms with Crippen LogP contribution in [0, 0.1) is 0 Å². The minimum Gasteiger partial charge on any atom is -0.496 e. The molecule has 1 rings (SSSR count). The Labute approximate surface area is 126 Å². The number of aliphatic imine (C=N–C) groups is 1. The van der Waals surface area contributed by atoms with Gasteiger partial charge in [-0.3, -0.25) is 0 Å². The third-order valence-electron chi connectivity index (χ3n) is 2.98. The second-order valence-electron chi connectivity index (χ2n) is 4.92. The van der Waals surface area contributed by atoms with Gasteiger partial charge in [0.25, 0.3) is 0 Å². The summed E-state index contributed by atoms with van der Waals surface area (Å²) < 4.78 is 16.0. The van der Waals surface area contributed by atoms with Crippen LogP contribution in [0.4, 0.5) is 0 Å². The smallest absolute Gasteiger partial charge is 0.195 e. The molecule has 0 unspecified atom stereocenters. The van der Waals surface area contributed by atoms with E-state index in [-0.39, 0.29) is 0 Å². The second kappa shape index (κ2) is 7.61. The van der Waals surface area contributed by atoms with E-state index >= 15 is 0 Å². The summed E-state index contributed by atoms with van der Waals surface area (Å²) in [5.74, 6) is 2.92. The molecular formula is C15H25N3O3. The predicted octanol–water partition coefficient (Wildman–Crippen LogP) is 1.69. The number of nitrogens with zero attached hydrogens (tertiary/aromatic N) is 3. The summed E-state index contributed by atoms with van der Waals surface area (Å²) in [5, 5.41) is 0. The largest absolute Gasteiger partial charge is 0.496 e. The number of rotatable bonds is 5. The summed E-state index contributed by atoms with van der Waals surface area (Å²) in [6.07, 6.45) is 0. The third kappa shape index (κ3) is 4.18. The van der Waals surface area contributed by atoms with E-state index in [9.17, 15) is 0 Å². The quantitative estimate of drug-likeness (QED) is 0.611. The second-order valence-corrected chi connectivity index (χ2v) is 4.92. The zero-order valence-corrected chi connectivity index (χ0v) is 13.9. The van der Waals surface area contributed by atoms with Crippen molar-refractivity contribution in [3.63, 3.8) is 0 Å². The van der Waals surface area contributed by atoms with Crippen LogP contribution in [0.3, 0.4) is 0 Å². The molecule has 0 aliphatic rings. The molecule has 118 valence electrons. The molecular weight excluding hydrogens is 270 g/mol. The van der Waals surface area contributed by atoms with Crippen molar-refractivity contribution in [1.29, 1.82) is 0 Å². The van der Waals surface area contributed by atoms with Gasteiger partial charge in [0.15, 0.2) is 17.5 Å². The lowest BCUT2D eigenvalue weighted by Crippen LogP contribution is -2.35. The van der Waals surface area contributed by atoms with Crippen LogP contribution < -0.4 is 14.2 Å². The zero-order chi connectivity index (χ0) is 16.0. The van der Waals surface area contributed by atoms with Crippen LogP contribution >= 0.6 is 0 Å². The summed E-state index contributed by atoms with van der Waals surface area (Å²) in [7, 11) is 12.7. The van der Waals surface area contributed by atoms with Crippen molar-refractivity contribution >= 4 is 5.96 Å². The highest BCUT2D eigenvalue weighted by Crippen LogP contribution is 2.34. The van der Waals surface area contributed by atoms with Crippen molar-refractivity contribution < 1.29 is 14.2 Å². The summed E-state index contributed by atoms with van der Waals surface area (Å²) >= 11 is 0. The molecule has 1 aromatic rings. The van der Waals surface area contributed by atoms with Crippen LogP contribution in [0.15, 0.2) is 17.1 Å². The molecule has 0 fully saturated rings. The normalized spacial score (nSPS) is 9.86. The Hall–Kier alpha value is -2.11. The van der Waals surface area contributed by atoms with Crippen molar-refractivity contribution in [3.8, 4) is 17.2 Å². The average Bonchev–Trinajstić information content (AvgIpc) is 2.45. The van der Waals surface area contributed by atoms with Gasteiger partial charge in [-0.2, -0.15) is 0 Å². The number of benzene rings is 1. The average molecular weight is 295 g/mol. The fourth-order valence-electron chi connectivity index (χ4n) is 2.05. The first kappa shape index (κ1) is 16.9. The maximum atomic E-state index is 5.41. The molecule has 0 saturated carbocycles. The van der Waals surface area contributed by atoms with Crippen LogP contribution in [-0.2, 0) is 6.54 Å². The van der Waals surface area contributed by atoms with Gasteiger partial charge in [0.2, 0.25) is 0 Å². The van der Waals surface area contributed by atoms with Gasteiger partial charge in [-0.05, 0) is 6.07 Å². The number of ether oxygens (including phenoxy) is 3. The Kier molecular flexibility index (Phi) is 6.14. The Bertz CT molecular complexity index is 489. The van der Waals surface area contributed by atoms with Crippen molar-refractivity contribution in [3.05, 3.63) is 17.7 Å². The predicted molar refractivity (Wildman–Crippen MR) is 84.6 cm³/mol. The molecule has 0 amide bonds. The minimum absolute atomic E-state index is 0.495. The maximum absolute atomic E-state index is 5.41. The molecule has 0 aliphatic carbocycles. The minimum atomic E-state index is 0.495. The zero-order valence-electron chi connectivity index (χ0n) is 13.9. The lowest BCUT2D eigenvalue weighted by molar-refractivity contribution is 0.347. The fraction of sp³-hybridized carbons (Fsp3) is 0.533. The monoisotopic (exact) mass is 295 g/mol. The van der Waals surface area contributed by atoms with Gasteiger partial charge in [0.05, 0.1) is 27.9 Å². The van der Waals surface area contributed by atoms with Crippen LogP contribution in [0.2, 0.25) is 0 Å². The van der Waals surface area contributed by atoms with Crippen LogP contribution in [0.5, 0.6) is 17.2 Å². The van der Waals surface area contributed by atoms with Gasteiger partial charge >= 0.3 is 0 Å². The third-order valence-corrected chi connectivity index (χ3v) is 2.98. The standard InChI is InChI=1S/C15H25N3O3/c1-17(2)15(18(3)4)16-10-11-8-13(20-6)14(21-7)9-12(11)19-5/h8-9H,10H2,1-7H3. The molecule has 0 radical (unpaired) electrons. The number of guanidine groups is 1. The number of hydrogen-bond acceptors (Lipinski definition) is 4. The highest BCUT2D eigenvalue weighted by Gasteiger charge is 2.12. The molecule has 0 bridgehead atoms. The first-order valence-corrected chi connectivity index (χ1v) is 6.62. The lowest BCUT2D eigenvalue weighted by Gasteiger charge is -2.23. The Morgan fingerprint density at radius 2 is 1.33 bits per heavy atom. The molecule has 0 aliphatic heterocycles. The summed E-state index contributed by atoms with van der Waals surface area (Å²) in [4.78, 5) is 8.56. The lowest BCUT2D eigenvalue weighted by atomic mass is 10.1. The van der Waals surface area contributed by atoms with Crippen LogP contribution in [0.1, 0.15) is 5.56 Å². The maximum Gasteiger partial charge on any atom is 0.195 e. The molecule has 0 heterocycles. The topological polar surface area (TPSA) is 46.5 Å². The van der Waals surface area contributed by atoms with E-state index in [0.717, 1.165) is 17.3 Å². The van der Waals surface area contributed by atoms with Gasteiger partial charge in [-0.15, -0.1) is 0 Å². The molecule has 6 nitrogen and oxygen atoms in total.